The smallest absolute Gasteiger partial charge is 0.419 e. The SMILES string of the molecule is O=C1NC(CCC(=O)N2CC3(CC(Cc4ncc(C(F)(F)F)cn4)C3)C2)CO1. The van der Waals surface area contributed by atoms with E-state index in [1.165, 1.54) is 0 Å². The molecule has 3 aliphatic rings. The summed E-state index contributed by atoms with van der Waals surface area (Å²) in [6.45, 7) is 1.76. The Hall–Kier alpha value is -2.39. The molecule has 0 bridgehead atoms. The highest BCUT2D eigenvalue weighted by molar-refractivity contribution is 5.77. The molecule has 0 aromatic carbocycles. The largest absolute Gasteiger partial charge is 0.447 e. The zero-order valence-corrected chi connectivity index (χ0v) is 15.2. The van der Waals surface area contributed by atoms with E-state index in [1.54, 1.807) is 0 Å². The third kappa shape index (κ3) is 3.90. The lowest BCUT2D eigenvalue weighted by Crippen LogP contribution is -2.64. The molecule has 152 valence electrons. The molecule has 1 saturated carbocycles. The number of alkyl carbamates (subject to hydrolysis) is 1. The molecule has 4 rings (SSSR count). The van der Waals surface area contributed by atoms with Crippen LogP contribution in [0.2, 0.25) is 0 Å². The van der Waals surface area contributed by atoms with Crippen LogP contribution in [0.3, 0.4) is 0 Å². The normalized spacial score (nSPS) is 23.8. The van der Waals surface area contributed by atoms with Gasteiger partial charge in [0.15, 0.2) is 0 Å². The summed E-state index contributed by atoms with van der Waals surface area (Å²) in [4.78, 5) is 32.7. The molecule has 2 saturated heterocycles. The number of hydrogen-bond acceptors (Lipinski definition) is 5. The predicted molar refractivity (Wildman–Crippen MR) is 90.0 cm³/mol. The van der Waals surface area contributed by atoms with Crippen molar-refractivity contribution in [3.8, 4) is 0 Å². The summed E-state index contributed by atoms with van der Waals surface area (Å²) in [5, 5.41) is 2.66. The second-order valence-electron chi connectivity index (χ2n) is 8.09. The number of likely N-dealkylation sites (tertiary alicyclic amines) is 1. The van der Waals surface area contributed by atoms with Crippen LogP contribution in [0.4, 0.5) is 18.0 Å². The highest BCUT2D eigenvalue weighted by Gasteiger charge is 2.53. The molecule has 3 fully saturated rings. The molecule has 1 aromatic heterocycles. The number of ether oxygens (including phenoxy) is 1. The average molecular weight is 398 g/mol. The minimum absolute atomic E-state index is 0.0845. The van der Waals surface area contributed by atoms with Crippen molar-refractivity contribution in [2.45, 2.75) is 44.3 Å². The molecular weight excluding hydrogens is 377 g/mol. The van der Waals surface area contributed by atoms with E-state index in [2.05, 4.69) is 15.3 Å². The first-order chi connectivity index (χ1) is 13.2. The Kier molecular flexibility index (Phi) is 4.67. The van der Waals surface area contributed by atoms with Crippen LogP contribution in [0.5, 0.6) is 0 Å². The predicted octanol–water partition coefficient (Wildman–Crippen LogP) is 2.17. The van der Waals surface area contributed by atoms with Crippen molar-refractivity contribution in [3.05, 3.63) is 23.8 Å². The third-order valence-electron chi connectivity index (χ3n) is 5.80. The molecule has 1 aliphatic carbocycles. The lowest BCUT2D eigenvalue weighted by atomic mass is 9.57. The Balaban J connectivity index is 1.17. The van der Waals surface area contributed by atoms with E-state index < -0.39 is 17.8 Å². The Morgan fingerprint density at radius 2 is 1.96 bits per heavy atom. The fraction of sp³-hybridized carbons (Fsp3) is 0.667. The number of carbonyl (C=O) groups is 2. The van der Waals surface area contributed by atoms with Gasteiger partial charge in [0, 0.05) is 43.7 Å². The summed E-state index contributed by atoms with van der Waals surface area (Å²) in [6, 6.07) is -0.0940. The third-order valence-corrected chi connectivity index (χ3v) is 5.80. The van der Waals surface area contributed by atoms with Gasteiger partial charge in [-0.05, 0) is 25.2 Å². The second-order valence-corrected chi connectivity index (χ2v) is 8.09. The Bertz CT molecular complexity index is 754. The molecule has 1 atom stereocenters. The van der Waals surface area contributed by atoms with E-state index >= 15 is 0 Å². The van der Waals surface area contributed by atoms with Gasteiger partial charge in [-0.15, -0.1) is 0 Å². The van der Waals surface area contributed by atoms with Gasteiger partial charge in [0.1, 0.15) is 12.4 Å². The average Bonchev–Trinajstić information content (AvgIpc) is 2.98. The molecule has 10 heteroatoms. The van der Waals surface area contributed by atoms with Crippen LogP contribution >= 0.6 is 0 Å². The molecule has 2 amide bonds. The van der Waals surface area contributed by atoms with Crippen molar-refractivity contribution in [1.29, 1.82) is 0 Å². The number of nitrogens with zero attached hydrogens (tertiary/aromatic N) is 3. The van der Waals surface area contributed by atoms with Gasteiger partial charge in [0.05, 0.1) is 11.6 Å². The highest BCUT2D eigenvalue weighted by atomic mass is 19.4. The topological polar surface area (TPSA) is 84.4 Å². The van der Waals surface area contributed by atoms with E-state index in [1.807, 2.05) is 4.90 Å². The van der Waals surface area contributed by atoms with Crippen molar-refractivity contribution < 1.29 is 27.5 Å². The van der Waals surface area contributed by atoms with Crippen LogP contribution in [-0.2, 0) is 22.1 Å². The maximum absolute atomic E-state index is 12.5. The lowest BCUT2D eigenvalue weighted by molar-refractivity contribution is -0.155. The summed E-state index contributed by atoms with van der Waals surface area (Å²) < 4.78 is 42.4. The fourth-order valence-corrected chi connectivity index (χ4v) is 4.41. The van der Waals surface area contributed by atoms with Gasteiger partial charge >= 0.3 is 12.3 Å². The van der Waals surface area contributed by atoms with Crippen LogP contribution < -0.4 is 5.32 Å². The number of rotatable bonds is 5. The number of alkyl halides is 3. The number of cyclic esters (lactones) is 1. The first-order valence-electron chi connectivity index (χ1n) is 9.32. The summed E-state index contributed by atoms with van der Waals surface area (Å²) in [5.41, 5.74) is -0.685. The molecular formula is C18H21F3N4O3. The van der Waals surface area contributed by atoms with Gasteiger partial charge < -0.3 is 15.0 Å². The molecule has 2 aliphatic heterocycles. The quantitative estimate of drug-likeness (QED) is 0.822. The van der Waals surface area contributed by atoms with Crippen molar-refractivity contribution in [2.75, 3.05) is 19.7 Å². The van der Waals surface area contributed by atoms with Crippen LogP contribution in [0.15, 0.2) is 12.4 Å². The van der Waals surface area contributed by atoms with E-state index in [9.17, 15) is 22.8 Å². The number of aromatic nitrogens is 2. The monoisotopic (exact) mass is 398 g/mol. The first kappa shape index (κ1) is 18.9. The number of amides is 2. The summed E-state index contributed by atoms with van der Waals surface area (Å²) in [5.74, 6) is 0.863. The molecule has 1 aromatic rings. The zero-order chi connectivity index (χ0) is 19.9. The highest BCUT2D eigenvalue weighted by Crippen LogP contribution is 2.52. The fourth-order valence-electron chi connectivity index (χ4n) is 4.41. The summed E-state index contributed by atoms with van der Waals surface area (Å²) in [7, 11) is 0. The summed E-state index contributed by atoms with van der Waals surface area (Å²) in [6.07, 6.45) is 0.206. The maximum atomic E-state index is 12.5. The van der Waals surface area contributed by atoms with E-state index in [-0.39, 0.29) is 17.4 Å². The minimum Gasteiger partial charge on any atom is -0.447 e. The van der Waals surface area contributed by atoms with Crippen LogP contribution in [0.1, 0.15) is 37.1 Å². The number of nitrogens with one attached hydrogen (secondary N) is 1. The minimum atomic E-state index is -4.42. The van der Waals surface area contributed by atoms with Crippen LogP contribution in [0.25, 0.3) is 0 Å². The molecule has 0 radical (unpaired) electrons. The van der Waals surface area contributed by atoms with E-state index in [0.29, 0.717) is 37.6 Å². The molecule has 3 heterocycles. The maximum Gasteiger partial charge on any atom is 0.419 e. The molecule has 28 heavy (non-hydrogen) atoms. The lowest BCUT2D eigenvalue weighted by Gasteiger charge is -2.59. The standard InChI is InChI=1S/C18H21F3N4O3/c19-18(20,21)12-6-22-14(23-7-12)3-11-4-17(5-11)9-25(10-17)15(26)2-1-13-8-28-16(27)24-13/h6-7,11,13H,1-5,8-10H2,(H,24,27). The molecule has 7 nitrogen and oxygen atoms in total. The van der Waals surface area contributed by atoms with Crippen molar-refractivity contribution >= 4 is 12.0 Å². The second kappa shape index (κ2) is 6.89. The van der Waals surface area contributed by atoms with E-state index in [4.69, 9.17) is 4.74 Å². The number of hydrogen-bond donors (Lipinski definition) is 1. The molecule has 1 unspecified atom stereocenters. The Morgan fingerprint density at radius 3 is 2.54 bits per heavy atom. The molecule has 1 spiro atoms. The van der Waals surface area contributed by atoms with Gasteiger partial charge in [0.2, 0.25) is 5.91 Å². The first-order valence-corrected chi connectivity index (χ1v) is 9.32. The van der Waals surface area contributed by atoms with Crippen molar-refractivity contribution in [1.82, 2.24) is 20.2 Å². The van der Waals surface area contributed by atoms with Gasteiger partial charge in [-0.3, -0.25) is 4.79 Å². The summed E-state index contributed by atoms with van der Waals surface area (Å²) >= 11 is 0. The van der Waals surface area contributed by atoms with Gasteiger partial charge in [-0.1, -0.05) is 0 Å². The van der Waals surface area contributed by atoms with Crippen LogP contribution in [0, 0.1) is 11.3 Å². The number of carbonyl (C=O) groups excluding carboxylic acids is 2. The zero-order valence-electron chi connectivity index (χ0n) is 15.2. The molecule has 1 N–H and O–H groups in total. The number of halogens is 3. The Labute approximate surface area is 159 Å². The van der Waals surface area contributed by atoms with Gasteiger partial charge in [-0.2, -0.15) is 13.2 Å². The van der Waals surface area contributed by atoms with Crippen molar-refractivity contribution in [3.63, 3.8) is 0 Å². The Morgan fingerprint density at radius 1 is 1.29 bits per heavy atom. The van der Waals surface area contributed by atoms with Gasteiger partial charge in [0.25, 0.3) is 0 Å². The van der Waals surface area contributed by atoms with Crippen molar-refractivity contribution in [2.24, 2.45) is 11.3 Å². The van der Waals surface area contributed by atoms with Gasteiger partial charge in [-0.25, -0.2) is 14.8 Å². The van der Waals surface area contributed by atoms with Crippen LogP contribution in [-0.4, -0.2) is 52.6 Å². The van der Waals surface area contributed by atoms with E-state index in [0.717, 1.165) is 38.3 Å².